The fourth-order valence-corrected chi connectivity index (χ4v) is 4.61. The zero-order valence-electron chi connectivity index (χ0n) is 24.8. The predicted octanol–water partition coefficient (Wildman–Crippen LogP) is 5.72. The minimum Gasteiger partial charge on any atom is -0.492 e. The zero-order valence-corrected chi connectivity index (χ0v) is 25.6. The van der Waals surface area contributed by atoms with Crippen molar-refractivity contribution in [1.82, 2.24) is 9.47 Å². The quantitative estimate of drug-likeness (QED) is 0.0816. The van der Waals surface area contributed by atoms with Crippen LogP contribution in [0.1, 0.15) is 38.7 Å². The summed E-state index contributed by atoms with van der Waals surface area (Å²) in [5.41, 5.74) is 14.4. The maximum Gasteiger partial charge on any atom is 0.255 e. The van der Waals surface area contributed by atoms with Crippen LogP contribution >= 0.6 is 11.6 Å². The second-order valence-corrected chi connectivity index (χ2v) is 10.6. The van der Waals surface area contributed by atoms with Gasteiger partial charge in [0.2, 0.25) is 0 Å². The molecule has 0 bridgehead atoms. The normalized spacial score (nSPS) is 12.9. The SMILES string of the molecule is [B]C(/C=C\C)=C/C(=C)CN(CCC(N)(N)CCC#C)Cc1cc2ccc(Cl)cc2n(CCOC(/C=C\C=C)=C/C)c1=O. The molecule has 0 spiro atoms. The van der Waals surface area contributed by atoms with Crippen LogP contribution in [0.15, 0.2) is 102 Å². The van der Waals surface area contributed by atoms with Crippen molar-refractivity contribution >= 4 is 30.4 Å². The van der Waals surface area contributed by atoms with E-state index in [-0.39, 0.29) is 5.56 Å². The van der Waals surface area contributed by atoms with E-state index in [1.54, 1.807) is 22.8 Å². The Labute approximate surface area is 257 Å². The average molecular weight is 585 g/mol. The Morgan fingerprint density at radius 2 is 2.02 bits per heavy atom. The zero-order chi connectivity index (χ0) is 31.1. The molecule has 0 fully saturated rings. The molecule has 0 aliphatic carbocycles. The molecule has 1 aromatic carbocycles. The summed E-state index contributed by atoms with van der Waals surface area (Å²) in [5.74, 6) is 3.29. The molecule has 0 atom stereocenters. The highest BCUT2D eigenvalue weighted by Gasteiger charge is 2.21. The number of terminal acetylenes is 1. The highest BCUT2D eigenvalue weighted by Crippen LogP contribution is 2.21. The van der Waals surface area contributed by atoms with Crippen LogP contribution in [0.25, 0.3) is 10.9 Å². The van der Waals surface area contributed by atoms with E-state index in [9.17, 15) is 4.79 Å². The first kappa shape index (κ1) is 34.7. The number of aromatic nitrogens is 1. The number of halogens is 1. The van der Waals surface area contributed by atoms with Crippen molar-refractivity contribution in [3.8, 4) is 12.3 Å². The second-order valence-electron chi connectivity index (χ2n) is 10.2. The third-order valence-corrected chi connectivity index (χ3v) is 6.81. The number of fused-ring (bicyclic) bond motifs is 1. The van der Waals surface area contributed by atoms with Gasteiger partial charge in [-0.2, -0.15) is 0 Å². The van der Waals surface area contributed by atoms with Crippen molar-refractivity contribution in [3.05, 3.63) is 118 Å². The summed E-state index contributed by atoms with van der Waals surface area (Å²) in [7, 11) is 6.08. The summed E-state index contributed by atoms with van der Waals surface area (Å²) in [6.45, 7) is 13.6. The van der Waals surface area contributed by atoms with Gasteiger partial charge in [-0.1, -0.05) is 66.7 Å². The lowest BCUT2D eigenvalue weighted by atomic mass is 9.93. The number of rotatable bonds is 17. The van der Waals surface area contributed by atoms with Gasteiger partial charge in [-0.15, -0.1) is 12.3 Å². The van der Waals surface area contributed by atoms with Crippen molar-refractivity contribution < 1.29 is 4.74 Å². The Kier molecular flexibility index (Phi) is 14.4. The fourth-order valence-electron chi connectivity index (χ4n) is 4.45. The molecule has 4 N–H and O–H groups in total. The topological polar surface area (TPSA) is 86.5 Å². The molecule has 8 heteroatoms. The average Bonchev–Trinajstić information content (AvgIpc) is 2.94. The van der Waals surface area contributed by atoms with Crippen LogP contribution < -0.4 is 17.0 Å². The molecule has 0 saturated carbocycles. The largest absolute Gasteiger partial charge is 0.492 e. The smallest absolute Gasteiger partial charge is 0.255 e. The minimum absolute atomic E-state index is 0.129. The molecule has 0 unspecified atom stereocenters. The van der Waals surface area contributed by atoms with Crippen molar-refractivity contribution in [2.24, 2.45) is 11.5 Å². The molecule has 2 rings (SSSR count). The van der Waals surface area contributed by atoms with Gasteiger partial charge in [-0.25, -0.2) is 0 Å². The number of nitrogens with two attached hydrogens (primary N) is 2. The van der Waals surface area contributed by atoms with Crippen LogP contribution in [-0.4, -0.2) is 42.7 Å². The summed E-state index contributed by atoms with van der Waals surface area (Å²) >= 11 is 6.32. The molecule has 0 aliphatic heterocycles. The Morgan fingerprint density at radius 3 is 2.69 bits per heavy atom. The van der Waals surface area contributed by atoms with E-state index >= 15 is 0 Å². The Balaban J connectivity index is 2.44. The standard InChI is InChI=1S/C34H42BClN4O2/c1-6-10-13-31(9-4)42-20-19-40-32-23-30(36)15-14-27(32)22-28(33(40)41)25-39(18-17-34(37,38)16-11-7-2)24-26(5)21-29(35)12-8-3/h2,6,8-10,12-15,21-23H,1,5,11,16-20,24-25,37-38H2,3-4H3/b12-8-,13-10-,29-21+,31-9+. The number of hydrogen-bond acceptors (Lipinski definition) is 5. The van der Waals surface area contributed by atoms with E-state index in [0.717, 1.165) is 16.5 Å². The first-order chi connectivity index (χ1) is 20.0. The molecule has 220 valence electrons. The van der Waals surface area contributed by atoms with Crippen LogP contribution in [-0.2, 0) is 17.8 Å². The summed E-state index contributed by atoms with van der Waals surface area (Å²) in [5, 5.41) is 1.44. The van der Waals surface area contributed by atoms with Gasteiger partial charge in [0, 0.05) is 36.6 Å². The first-order valence-electron chi connectivity index (χ1n) is 13.9. The van der Waals surface area contributed by atoms with Gasteiger partial charge in [0.25, 0.3) is 5.56 Å². The Morgan fingerprint density at radius 1 is 1.26 bits per heavy atom. The van der Waals surface area contributed by atoms with Crippen LogP contribution in [0.3, 0.4) is 0 Å². The first-order valence-corrected chi connectivity index (χ1v) is 14.3. The van der Waals surface area contributed by atoms with Crippen LogP contribution in [0.5, 0.6) is 0 Å². The minimum atomic E-state index is -0.937. The van der Waals surface area contributed by atoms with Crippen molar-refractivity contribution in [3.63, 3.8) is 0 Å². The van der Waals surface area contributed by atoms with Gasteiger partial charge in [0.05, 0.1) is 17.7 Å². The molecule has 2 aromatic rings. The van der Waals surface area contributed by atoms with E-state index in [0.29, 0.717) is 73.9 Å². The van der Waals surface area contributed by atoms with Crippen LogP contribution in [0, 0.1) is 12.3 Å². The lowest BCUT2D eigenvalue weighted by Gasteiger charge is -2.29. The van der Waals surface area contributed by atoms with Gasteiger partial charge in [0.15, 0.2) is 0 Å². The number of benzene rings is 1. The highest BCUT2D eigenvalue weighted by atomic mass is 35.5. The third-order valence-electron chi connectivity index (χ3n) is 6.58. The molecular formula is C34H42BClN4O2. The second kappa shape index (κ2) is 17.4. The fraction of sp³-hybridized carbons (Fsp3) is 0.324. The Hall–Kier alpha value is -3.54. The van der Waals surface area contributed by atoms with Crippen molar-refractivity contribution in [2.75, 3.05) is 19.7 Å². The monoisotopic (exact) mass is 584 g/mol. The summed E-state index contributed by atoms with van der Waals surface area (Å²) < 4.78 is 7.63. The maximum atomic E-state index is 13.9. The number of pyridine rings is 1. The van der Waals surface area contributed by atoms with E-state index in [2.05, 4.69) is 24.0 Å². The molecule has 2 radical (unpaired) electrons. The molecule has 6 nitrogen and oxygen atoms in total. The number of nitrogens with zero attached hydrogens (tertiary/aromatic N) is 2. The molecule has 0 aliphatic rings. The van der Waals surface area contributed by atoms with Gasteiger partial charge in [0.1, 0.15) is 20.2 Å². The van der Waals surface area contributed by atoms with Crippen LogP contribution in [0.4, 0.5) is 0 Å². The van der Waals surface area contributed by atoms with Gasteiger partial charge in [-0.05, 0) is 68.0 Å². The molecule has 0 saturated heterocycles. The molecular weight excluding hydrogens is 543 g/mol. The van der Waals surface area contributed by atoms with Crippen LogP contribution in [0.2, 0.25) is 5.02 Å². The maximum absolute atomic E-state index is 13.9. The lowest BCUT2D eigenvalue weighted by Crippen LogP contribution is -2.51. The predicted molar refractivity (Wildman–Crippen MR) is 179 cm³/mol. The summed E-state index contributed by atoms with van der Waals surface area (Å²) in [4.78, 5) is 16.0. The Bertz CT molecular complexity index is 1460. The van der Waals surface area contributed by atoms with Gasteiger partial charge in [-0.3, -0.25) is 9.69 Å². The molecule has 42 heavy (non-hydrogen) atoms. The van der Waals surface area contributed by atoms with Crippen molar-refractivity contribution in [2.45, 2.75) is 51.9 Å². The van der Waals surface area contributed by atoms with E-state index in [4.69, 9.17) is 42.1 Å². The number of ether oxygens (including phenoxy) is 1. The van der Waals surface area contributed by atoms with E-state index < -0.39 is 5.66 Å². The highest BCUT2D eigenvalue weighted by molar-refractivity contribution is 6.31. The van der Waals surface area contributed by atoms with Crippen molar-refractivity contribution in [1.29, 1.82) is 0 Å². The van der Waals surface area contributed by atoms with E-state index in [1.165, 1.54) is 0 Å². The summed E-state index contributed by atoms with van der Waals surface area (Å²) in [6.07, 6.45) is 19.5. The van der Waals surface area contributed by atoms with Gasteiger partial charge < -0.3 is 20.8 Å². The summed E-state index contributed by atoms with van der Waals surface area (Å²) in [6, 6.07) is 7.43. The molecule has 1 aromatic heterocycles. The molecule has 0 amide bonds. The number of hydrogen-bond donors (Lipinski definition) is 2. The third kappa shape index (κ3) is 11.4. The lowest BCUT2D eigenvalue weighted by molar-refractivity contribution is 0.211. The molecule has 1 heterocycles. The van der Waals surface area contributed by atoms with Gasteiger partial charge >= 0.3 is 0 Å². The van der Waals surface area contributed by atoms with E-state index in [1.807, 2.05) is 62.4 Å². The number of allylic oxidation sites excluding steroid dienone is 7.